The van der Waals surface area contributed by atoms with Crippen molar-refractivity contribution >= 4 is 43.8 Å². The topological polar surface area (TPSA) is 117 Å². The van der Waals surface area contributed by atoms with Gasteiger partial charge in [0.05, 0.1) is 23.0 Å². The fraction of sp³-hybridized carbons (Fsp3) is 0.111. The largest absolute Gasteiger partial charge is 0.453 e. The number of methoxy groups -OCH3 is 1. The second-order valence-electron chi connectivity index (χ2n) is 6.15. The van der Waals surface area contributed by atoms with Crippen molar-refractivity contribution in [3.8, 4) is 0 Å². The smallest absolute Gasteiger partial charge is 0.413 e. The number of anilines is 1. The van der Waals surface area contributed by atoms with Crippen molar-refractivity contribution in [3.63, 3.8) is 0 Å². The molecule has 0 spiro atoms. The lowest BCUT2D eigenvalue weighted by Gasteiger charge is -2.05. The van der Waals surface area contributed by atoms with E-state index in [1.807, 2.05) is 0 Å². The quantitative estimate of drug-likeness (QED) is 0.485. The van der Waals surface area contributed by atoms with Crippen LogP contribution < -0.4 is 5.32 Å². The zero-order valence-corrected chi connectivity index (χ0v) is 15.6. The normalized spacial score (nSPS) is 11.8. The van der Waals surface area contributed by atoms with Gasteiger partial charge in [-0.3, -0.25) is 5.32 Å². The number of hydrogen-bond donors (Lipinski definition) is 3. The van der Waals surface area contributed by atoms with Gasteiger partial charge in [0.15, 0.2) is 0 Å². The summed E-state index contributed by atoms with van der Waals surface area (Å²) >= 11 is 0. The highest BCUT2D eigenvalue weighted by atomic mass is 32.2. The third-order valence-electron chi connectivity index (χ3n) is 4.33. The van der Waals surface area contributed by atoms with Gasteiger partial charge in [-0.15, -0.1) is 0 Å². The van der Waals surface area contributed by atoms with Gasteiger partial charge in [-0.2, -0.15) is 0 Å². The van der Waals surface area contributed by atoms with Crippen molar-refractivity contribution in [3.05, 3.63) is 47.9 Å². The number of aryl methyl sites for hydroxylation is 1. The summed E-state index contributed by atoms with van der Waals surface area (Å²) in [5.74, 6) is -0.396. The molecular weight excluding hydrogens is 387 g/mol. The number of nitrogens with one attached hydrogen (secondary N) is 3. The fourth-order valence-electron chi connectivity index (χ4n) is 3.10. The lowest BCUT2D eigenvalue weighted by molar-refractivity contribution is 0.186. The summed E-state index contributed by atoms with van der Waals surface area (Å²) in [6.45, 7) is 1.62. The molecule has 0 saturated heterocycles. The number of nitrogens with zero attached hydrogens (tertiary/aromatic N) is 1. The summed E-state index contributed by atoms with van der Waals surface area (Å²) in [5.41, 5.74) is 1.83. The van der Waals surface area contributed by atoms with Crippen molar-refractivity contribution in [1.29, 1.82) is 0 Å². The summed E-state index contributed by atoms with van der Waals surface area (Å²) in [4.78, 5) is 21.3. The van der Waals surface area contributed by atoms with E-state index in [2.05, 4.69) is 25.0 Å². The van der Waals surface area contributed by atoms with Gasteiger partial charge in [-0.05, 0) is 43.3 Å². The van der Waals surface area contributed by atoms with Crippen LogP contribution >= 0.6 is 0 Å². The minimum absolute atomic E-state index is 0.0153. The number of carbonyl (C=O) groups is 1. The maximum Gasteiger partial charge on any atom is 0.413 e. The highest BCUT2D eigenvalue weighted by Crippen LogP contribution is 2.33. The van der Waals surface area contributed by atoms with Gasteiger partial charge >= 0.3 is 6.09 Å². The average molecular weight is 402 g/mol. The molecule has 0 fully saturated rings. The van der Waals surface area contributed by atoms with Gasteiger partial charge in [-0.25, -0.2) is 22.6 Å². The number of carbonyl (C=O) groups excluding carboxylic acids is 1. The number of aromatic nitrogens is 3. The van der Waals surface area contributed by atoms with Gasteiger partial charge in [0, 0.05) is 16.6 Å². The SMILES string of the molecule is COC(=O)Nc1nc2ccc(S(=O)(=O)c3c(C)[nH]c4ccc(F)cc34)cc2[nH]1. The van der Waals surface area contributed by atoms with E-state index in [0.29, 0.717) is 22.2 Å². The van der Waals surface area contributed by atoms with Crippen molar-refractivity contribution in [1.82, 2.24) is 15.0 Å². The van der Waals surface area contributed by atoms with E-state index in [-0.39, 0.29) is 21.1 Å². The van der Waals surface area contributed by atoms with E-state index in [0.717, 1.165) is 0 Å². The summed E-state index contributed by atoms with van der Waals surface area (Å²) in [7, 11) is -2.72. The number of ether oxygens (including phenoxy) is 1. The monoisotopic (exact) mass is 402 g/mol. The van der Waals surface area contributed by atoms with Crippen molar-refractivity contribution in [2.45, 2.75) is 16.7 Å². The molecule has 0 aliphatic heterocycles. The molecule has 10 heteroatoms. The number of benzene rings is 2. The molecular formula is C18H15FN4O4S. The first-order chi connectivity index (χ1) is 13.3. The van der Waals surface area contributed by atoms with Gasteiger partial charge < -0.3 is 14.7 Å². The molecule has 0 saturated carbocycles. The molecule has 0 aliphatic carbocycles. The van der Waals surface area contributed by atoms with Gasteiger partial charge in [0.2, 0.25) is 15.8 Å². The first-order valence-electron chi connectivity index (χ1n) is 8.17. The van der Waals surface area contributed by atoms with E-state index in [1.165, 1.54) is 43.5 Å². The van der Waals surface area contributed by atoms with Crippen LogP contribution in [0.3, 0.4) is 0 Å². The summed E-state index contributed by atoms with van der Waals surface area (Å²) < 4.78 is 44.7. The molecule has 0 unspecified atom stereocenters. The van der Waals surface area contributed by atoms with Crippen LogP contribution in [0, 0.1) is 12.7 Å². The predicted octanol–water partition coefficient (Wildman–Crippen LogP) is 3.50. The van der Waals surface area contributed by atoms with Gasteiger partial charge in [-0.1, -0.05) is 0 Å². The maximum absolute atomic E-state index is 13.7. The third kappa shape index (κ3) is 2.87. The first kappa shape index (κ1) is 18.0. The minimum atomic E-state index is -3.94. The Labute approximate surface area is 158 Å². The number of sulfone groups is 1. The number of rotatable bonds is 3. The van der Waals surface area contributed by atoms with E-state index in [4.69, 9.17) is 0 Å². The van der Waals surface area contributed by atoms with Crippen LogP contribution in [0.4, 0.5) is 15.1 Å². The lowest BCUT2D eigenvalue weighted by Crippen LogP contribution is -2.11. The number of hydrogen-bond acceptors (Lipinski definition) is 5. The van der Waals surface area contributed by atoms with Crippen molar-refractivity contribution < 1.29 is 22.3 Å². The third-order valence-corrected chi connectivity index (χ3v) is 6.27. The molecule has 0 radical (unpaired) electrons. The molecule has 0 aliphatic rings. The molecule has 144 valence electrons. The van der Waals surface area contributed by atoms with Crippen LogP contribution in [0.15, 0.2) is 46.2 Å². The van der Waals surface area contributed by atoms with Gasteiger partial charge in [0.25, 0.3) is 0 Å². The van der Waals surface area contributed by atoms with Crippen LogP contribution in [-0.2, 0) is 14.6 Å². The summed E-state index contributed by atoms with van der Waals surface area (Å²) in [6, 6.07) is 8.31. The maximum atomic E-state index is 13.7. The molecule has 0 atom stereocenters. The molecule has 2 aromatic heterocycles. The van der Waals surface area contributed by atoms with Crippen LogP contribution in [0.25, 0.3) is 21.9 Å². The molecule has 3 N–H and O–H groups in total. The second-order valence-corrected chi connectivity index (χ2v) is 8.04. The number of fused-ring (bicyclic) bond motifs is 2. The number of H-pyrrole nitrogens is 2. The van der Waals surface area contributed by atoms with Gasteiger partial charge in [0.1, 0.15) is 10.7 Å². The molecule has 8 nitrogen and oxygen atoms in total. The fourth-order valence-corrected chi connectivity index (χ4v) is 4.77. The molecule has 1 amide bonds. The Bertz CT molecular complexity index is 1340. The number of halogens is 1. The first-order valence-corrected chi connectivity index (χ1v) is 9.65. The molecule has 0 bridgehead atoms. The van der Waals surface area contributed by atoms with Crippen LogP contribution in [0.1, 0.15) is 5.69 Å². The lowest BCUT2D eigenvalue weighted by atomic mass is 10.2. The molecule has 28 heavy (non-hydrogen) atoms. The second kappa shape index (κ2) is 6.34. The number of imidazole rings is 1. The minimum Gasteiger partial charge on any atom is -0.453 e. The Kier molecular flexibility index (Phi) is 4.07. The average Bonchev–Trinajstić information content (AvgIpc) is 3.19. The molecule has 2 heterocycles. The van der Waals surface area contributed by atoms with E-state index >= 15 is 0 Å². The molecule has 4 rings (SSSR count). The Balaban J connectivity index is 1.84. The Morgan fingerprint density at radius 3 is 2.68 bits per heavy atom. The zero-order valence-electron chi connectivity index (χ0n) is 14.8. The molecule has 4 aromatic rings. The summed E-state index contributed by atoms with van der Waals surface area (Å²) in [6.07, 6.45) is -0.705. The van der Waals surface area contributed by atoms with E-state index in [9.17, 15) is 17.6 Å². The van der Waals surface area contributed by atoms with Crippen molar-refractivity contribution in [2.24, 2.45) is 0 Å². The van der Waals surface area contributed by atoms with Crippen LogP contribution in [-0.4, -0.2) is 36.6 Å². The Morgan fingerprint density at radius 2 is 1.93 bits per heavy atom. The molecule has 2 aromatic carbocycles. The summed E-state index contributed by atoms with van der Waals surface area (Å²) in [5, 5.41) is 2.67. The standard InChI is InChI=1S/C18H15FN4O4S/c1-9-16(12-7-10(19)3-5-13(12)20-9)28(25,26)11-4-6-14-15(8-11)22-17(21-14)23-18(24)27-2/h3-8,20H,1-2H3,(H2,21,22,23,24). The Morgan fingerprint density at radius 1 is 1.14 bits per heavy atom. The van der Waals surface area contributed by atoms with Crippen LogP contribution in [0.5, 0.6) is 0 Å². The zero-order chi connectivity index (χ0) is 20.1. The predicted molar refractivity (Wildman–Crippen MR) is 101 cm³/mol. The van der Waals surface area contributed by atoms with E-state index < -0.39 is 21.7 Å². The number of amides is 1. The van der Waals surface area contributed by atoms with Crippen LogP contribution in [0.2, 0.25) is 0 Å². The Hall–Kier alpha value is -3.40. The van der Waals surface area contributed by atoms with Crippen molar-refractivity contribution in [2.75, 3.05) is 12.4 Å². The van der Waals surface area contributed by atoms with E-state index in [1.54, 1.807) is 6.92 Å². The highest BCUT2D eigenvalue weighted by Gasteiger charge is 2.25. The highest BCUT2D eigenvalue weighted by molar-refractivity contribution is 7.91. The number of aromatic amines is 2.